The maximum absolute atomic E-state index is 12.5. The molecule has 0 spiro atoms. The van der Waals surface area contributed by atoms with Crippen LogP contribution < -0.4 is 10.6 Å². The molecule has 0 aliphatic heterocycles. The van der Waals surface area contributed by atoms with Gasteiger partial charge in [0.05, 0.1) is 12.3 Å². The fourth-order valence-electron chi connectivity index (χ4n) is 4.14. The summed E-state index contributed by atoms with van der Waals surface area (Å²) in [5.74, 6) is 0.391. The van der Waals surface area contributed by atoms with Crippen molar-refractivity contribution < 1.29 is 9.90 Å². The SMILES string of the molecule is O=C(NCc1cccc(Cl)c1)[C@H](CO)Nc1nc(-c2ccc(C3CCCCC3)cc2)cs1. The number of hydrogen-bond donors (Lipinski definition) is 3. The van der Waals surface area contributed by atoms with Crippen LogP contribution in [0.4, 0.5) is 5.13 Å². The van der Waals surface area contributed by atoms with E-state index in [1.807, 2.05) is 17.5 Å². The van der Waals surface area contributed by atoms with E-state index in [2.05, 4.69) is 39.9 Å². The van der Waals surface area contributed by atoms with E-state index in [1.165, 1.54) is 49.0 Å². The number of nitrogens with one attached hydrogen (secondary N) is 2. The standard InChI is InChI=1S/C25H28ClN3O2S/c26-21-8-4-5-17(13-21)14-27-24(31)22(15-30)28-25-29-23(16-32-25)20-11-9-19(10-12-20)18-6-2-1-3-7-18/h4-5,8-13,16,18,22,30H,1-3,6-7,14-15H2,(H,27,31)(H,28,29)/t22-/m0/s1. The first-order chi connectivity index (χ1) is 15.6. The van der Waals surface area contributed by atoms with Gasteiger partial charge in [0, 0.05) is 22.5 Å². The van der Waals surface area contributed by atoms with Crippen LogP contribution in [0.1, 0.15) is 49.1 Å². The van der Waals surface area contributed by atoms with Crippen molar-refractivity contribution in [2.24, 2.45) is 0 Å². The van der Waals surface area contributed by atoms with Gasteiger partial charge < -0.3 is 15.7 Å². The molecule has 2 aromatic carbocycles. The number of amides is 1. The lowest BCUT2D eigenvalue weighted by atomic mass is 9.84. The summed E-state index contributed by atoms with van der Waals surface area (Å²) in [6.45, 7) is 0.0143. The molecule has 3 N–H and O–H groups in total. The Morgan fingerprint density at radius 2 is 1.94 bits per heavy atom. The Morgan fingerprint density at radius 1 is 1.16 bits per heavy atom. The van der Waals surface area contributed by atoms with Gasteiger partial charge in [0.25, 0.3) is 0 Å². The monoisotopic (exact) mass is 469 g/mol. The molecule has 4 rings (SSSR count). The van der Waals surface area contributed by atoms with Crippen molar-refractivity contribution in [3.05, 3.63) is 70.1 Å². The molecular weight excluding hydrogens is 442 g/mol. The minimum Gasteiger partial charge on any atom is -0.394 e. The Kier molecular flexibility index (Phi) is 7.79. The van der Waals surface area contributed by atoms with E-state index in [9.17, 15) is 9.90 Å². The number of anilines is 1. The predicted molar refractivity (Wildman–Crippen MR) is 131 cm³/mol. The average Bonchev–Trinajstić information content (AvgIpc) is 3.30. The topological polar surface area (TPSA) is 74.2 Å². The van der Waals surface area contributed by atoms with Crippen molar-refractivity contribution >= 4 is 34.0 Å². The predicted octanol–water partition coefficient (Wildman–Crippen LogP) is 5.60. The normalized spacial score (nSPS) is 15.3. The summed E-state index contributed by atoms with van der Waals surface area (Å²) in [4.78, 5) is 17.1. The zero-order valence-corrected chi connectivity index (χ0v) is 19.5. The Morgan fingerprint density at radius 3 is 2.66 bits per heavy atom. The molecule has 7 heteroatoms. The highest BCUT2D eigenvalue weighted by atomic mass is 35.5. The molecule has 1 fully saturated rings. The van der Waals surface area contributed by atoms with Crippen LogP contribution in [-0.2, 0) is 11.3 Å². The molecule has 1 heterocycles. The third-order valence-electron chi connectivity index (χ3n) is 5.94. The largest absolute Gasteiger partial charge is 0.394 e. The highest BCUT2D eigenvalue weighted by molar-refractivity contribution is 7.14. The number of aliphatic hydroxyl groups excluding tert-OH is 1. The summed E-state index contributed by atoms with van der Waals surface area (Å²) >= 11 is 7.41. The highest BCUT2D eigenvalue weighted by Crippen LogP contribution is 2.34. The number of benzene rings is 2. The molecule has 0 bridgehead atoms. The number of thiazole rings is 1. The van der Waals surface area contributed by atoms with Gasteiger partial charge in [-0.3, -0.25) is 4.79 Å². The van der Waals surface area contributed by atoms with Crippen LogP contribution in [-0.4, -0.2) is 28.6 Å². The molecule has 1 aliphatic carbocycles. The molecular formula is C25H28ClN3O2S. The summed E-state index contributed by atoms with van der Waals surface area (Å²) in [6.07, 6.45) is 6.58. The first-order valence-corrected chi connectivity index (χ1v) is 12.3. The summed E-state index contributed by atoms with van der Waals surface area (Å²) < 4.78 is 0. The van der Waals surface area contributed by atoms with Crippen molar-refractivity contribution in [2.75, 3.05) is 11.9 Å². The molecule has 1 atom stereocenters. The quantitative estimate of drug-likeness (QED) is 0.401. The lowest BCUT2D eigenvalue weighted by Crippen LogP contribution is -2.41. The second-order valence-electron chi connectivity index (χ2n) is 8.22. The summed E-state index contributed by atoms with van der Waals surface area (Å²) in [5.41, 5.74) is 4.23. The third kappa shape index (κ3) is 5.88. The Balaban J connectivity index is 1.35. The van der Waals surface area contributed by atoms with E-state index in [4.69, 9.17) is 11.6 Å². The maximum atomic E-state index is 12.5. The first-order valence-electron chi connectivity index (χ1n) is 11.1. The number of aromatic nitrogens is 1. The van der Waals surface area contributed by atoms with Crippen LogP contribution in [0.25, 0.3) is 11.3 Å². The minimum atomic E-state index is -0.776. The average molecular weight is 470 g/mol. The van der Waals surface area contributed by atoms with Gasteiger partial charge in [-0.25, -0.2) is 4.98 Å². The van der Waals surface area contributed by atoms with E-state index in [0.717, 1.165) is 16.8 Å². The van der Waals surface area contributed by atoms with Crippen molar-refractivity contribution in [2.45, 2.75) is 50.6 Å². The van der Waals surface area contributed by atoms with Crippen molar-refractivity contribution in [1.82, 2.24) is 10.3 Å². The lowest BCUT2D eigenvalue weighted by Gasteiger charge is -2.22. The van der Waals surface area contributed by atoms with Crippen molar-refractivity contribution in [3.63, 3.8) is 0 Å². The maximum Gasteiger partial charge on any atom is 0.245 e. The highest BCUT2D eigenvalue weighted by Gasteiger charge is 2.19. The smallest absolute Gasteiger partial charge is 0.245 e. The van der Waals surface area contributed by atoms with Crippen molar-refractivity contribution in [1.29, 1.82) is 0 Å². The second kappa shape index (κ2) is 10.9. The number of aliphatic hydroxyl groups is 1. The van der Waals surface area contributed by atoms with Crippen LogP contribution in [0.3, 0.4) is 0 Å². The molecule has 1 aromatic heterocycles. The second-order valence-corrected chi connectivity index (χ2v) is 9.52. The zero-order chi connectivity index (χ0) is 22.3. The van der Waals surface area contributed by atoms with Crippen LogP contribution in [0, 0.1) is 0 Å². The van der Waals surface area contributed by atoms with E-state index < -0.39 is 6.04 Å². The molecule has 1 aliphatic rings. The van der Waals surface area contributed by atoms with Gasteiger partial charge in [0.1, 0.15) is 6.04 Å². The molecule has 3 aromatic rings. The first kappa shape index (κ1) is 22.8. The van der Waals surface area contributed by atoms with Crippen molar-refractivity contribution in [3.8, 4) is 11.3 Å². The van der Waals surface area contributed by atoms with Crippen LogP contribution in [0.15, 0.2) is 53.9 Å². The molecule has 1 saturated carbocycles. The Labute approximate surface area is 197 Å². The fourth-order valence-corrected chi connectivity index (χ4v) is 5.12. The Hall–Kier alpha value is -2.41. The van der Waals surface area contributed by atoms with E-state index in [1.54, 1.807) is 12.1 Å². The van der Waals surface area contributed by atoms with Crippen LogP contribution >= 0.6 is 22.9 Å². The fraction of sp³-hybridized carbons (Fsp3) is 0.360. The summed E-state index contributed by atoms with van der Waals surface area (Å²) in [5, 5.41) is 18.8. The molecule has 0 radical (unpaired) electrons. The van der Waals surface area contributed by atoms with Gasteiger partial charge >= 0.3 is 0 Å². The third-order valence-corrected chi connectivity index (χ3v) is 6.95. The van der Waals surface area contributed by atoms with Gasteiger partial charge in [-0.15, -0.1) is 11.3 Å². The van der Waals surface area contributed by atoms with E-state index in [0.29, 0.717) is 22.6 Å². The number of rotatable bonds is 8. The number of carbonyl (C=O) groups excluding carboxylic acids is 1. The molecule has 0 unspecified atom stereocenters. The zero-order valence-electron chi connectivity index (χ0n) is 17.9. The van der Waals surface area contributed by atoms with E-state index in [-0.39, 0.29) is 12.5 Å². The Bertz CT molecular complexity index is 1030. The van der Waals surface area contributed by atoms with Gasteiger partial charge in [0.2, 0.25) is 5.91 Å². The summed E-state index contributed by atoms with van der Waals surface area (Å²) in [6, 6.07) is 15.2. The van der Waals surface area contributed by atoms with Crippen LogP contribution in [0.2, 0.25) is 5.02 Å². The number of carbonyl (C=O) groups is 1. The molecule has 32 heavy (non-hydrogen) atoms. The number of halogens is 1. The number of nitrogens with zero attached hydrogens (tertiary/aromatic N) is 1. The van der Waals surface area contributed by atoms with Gasteiger partial charge in [-0.1, -0.05) is 67.3 Å². The number of hydrogen-bond acceptors (Lipinski definition) is 5. The molecule has 0 saturated heterocycles. The molecule has 5 nitrogen and oxygen atoms in total. The van der Waals surface area contributed by atoms with Gasteiger partial charge in [-0.05, 0) is 42.0 Å². The molecule has 1 amide bonds. The minimum absolute atomic E-state index is 0.291. The molecule has 168 valence electrons. The lowest BCUT2D eigenvalue weighted by molar-refractivity contribution is -0.122. The van der Waals surface area contributed by atoms with Gasteiger partial charge in [-0.2, -0.15) is 0 Å². The summed E-state index contributed by atoms with van der Waals surface area (Å²) in [7, 11) is 0. The van der Waals surface area contributed by atoms with Gasteiger partial charge in [0.15, 0.2) is 5.13 Å². The van der Waals surface area contributed by atoms with Crippen LogP contribution in [0.5, 0.6) is 0 Å². The van der Waals surface area contributed by atoms with E-state index >= 15 is 0 Å².